The van der Waals surface area contributed by atoms with Crippen molar-refractivity contribution in [3.8, 4) is 35.2 Å². The summed E-state index contributed by atoms with van der Waals surface area (Å²) in [5.41, 5.74) is 12.8. The van der Waals surface area contributed by atoms with Gasteiger partial charge in [0.05, 0.1) is 32.4 Å². The Bertz CT molecular complexity index is 2560. The second-order valence-electron chi connectivity index (χ2n) is 19.1. The van der Waals surface area contributed by atoms with Crippen molar-refractivity contribution in [3.05, 3.63) is 138 Å². The number of aromatic nitrogens is 2. The van der Waals surface area contributed by atoms with E-state index in [9.17, 15) is 19.2 Å². The molecular weight excluding hydrogens is 1010 g/mol. The van der Waals surface area contributed by atoms with Gasteiger partial charge in [-0.3, -0.25) is 9.59 Å². The van der Waals surface area contributed by atoms with Gasteiger partial charge in [0.1, 0.15) is 18.4 Å². The van der Waals surface area contributed by atoms with Gasteiger partial charge in [0.25, 0.3) is 0 Å². The lowest BCUT2D eigenvalue weighted by Crippen LogP contribution is -2.59. The molecule has 2 aromatic carbocycles. The fourth-order valence-electron chi connectivity index (χ4n) is 10.2. The van der Waals surface area contributed by atoms with Gasteiger partial charge >= 0.3 is 12.2 Å². The van der Waals surface area contributed by atoms with Crippen molar-refractivity contribution in [1.82, 2.24) is 35.7 Å². The normalized spacial score (nSPS) is 16.5. The summed E-state index contributed by atoms with van der Waals surface area (Å²) in [5.74, 6) is 2.38. The Morgan fingerprint density at radius 3 is 2.06 bits per heavy atom. The number of aryl methyl sites for hydroxylation is 2. The lowest BCUT2D eigenvalue weighted by atomic mass is 9.60. The highest BCUT2D eigenvalue weighted by Gasteiger charge is 2.47. The van der Waals surface area contributed by atoms with Gasteiger partial charge in [-0.2, -0.15) is 0 Å². The van der Waals surface area contributed by atoms with Crippen LogP contribution >= 0.6 is 0 Å². The minimum Gasteiger partial charge on any atom is -0.453 e. The molecule has 5 atom stereocenters. The number of H-pyrrole nitrogens is 1. The fraction of sp³-hybridized carbons (Fsp3) is 0.477. The third-order valence-electron chi connectivity index (χ3n) is 13.6. The number of hydrogen-bond donors (Lipinski definition) is 4. The largest absolute Gasteiger partial charge is 0.453 e. The zero-order valence-corrected chi connectivity index (χ0v) is 50.3. The number of allylic oxidation sites excluding steroid dienone is 7. The minimum absolute atomic E-state index is 0. The summed E-state index contributed by atoms with van der Waals surface area (Å²) in [6.07, 6.45) is 27.0. The quantitative estimate of drug-likeness (QED) is 0.0707. The monoisotopic (exact) mass is 1100 g/mol. The first-order chi connectivity index (χ1) is 38.4. The number of terminal acetylenes is 1. The number of benzene rings is 2. The standard InChI is InChI=1S/C50H60N7O6.C4H10O.C3H8.C2H6.2C2H4.C2H2.H2O/c1-7-18-56(45(58)26-51-49(60)62-5)28-44-53-43-17-15-31-22-39-36-16-14-32(20-33(36)21-34-24-37(34)40(39)25-38(31)46(43)54-44)42(9-3)52-29(4)27-57(19-8-2)48(59)47(55-50(61)63-6)41-23-30-12-10-11-13-35(30)41;1-3-4-5-2;1-3-2;4*1-2;/h9-14,16,20,22,24-25,29-30,35,41,47,52H,7-8,15,17-19,21,23,26-28H2,1-6H3,(H,51,60)(H,53,54)(H,55,61);3-4H2,1-2H3;3H2,1-2H3;1-2H3;2*1-2H2;1-2H;1H2/b42-9-;;;;;;;/t29?,30?,35?,41?,47-;;;;;;;/m1......./s1. The number of methoxy groups -OCH3 is 3. The van der Waals surface area contributed by atoms with Crippen LogP contribution in [0, 0.1) is 36.5 Å². The molecule has 80 heavy (non-hydrogen) atoms. The van der Waals surface area contributed by atoms with E-state index < -0.39 is 18.2 Å². The number of carbonyl (C=O) groups excluding carboxylic acids is 4. The van der Waals surface area contributed by atoms with Gasteiger partial charge in [-0.15, -0.1) is 39.2 Å². The van der Waals surface area contributed by atoms with Gasteiger partial charge in [-0.05, 0) is 122 Å². The highest BCUT2D eigenvalue weighted by atomic mass is 16.5. The lowest BCUT2D eigenvalue weighted by molar-refractivity contribution is -0.137. The van der Waals surface area contributed by atoms with Crippen LogP contribution in [0.3, 0.4) is 0 Å². The summed E-state index contributed by atoms with van der Waals surface area (Å²) in [6, 6.07) is 10.7. The summed E-state index contributed by atoms with van der Waals surface area (Å²) in [6.45, 7) is 33.3. The van der Waals surface area contributed by atoms with E-state index in [1.165, 1.54) is 59.9 Å². The summed E-state index contributed by atoms with van der Waals surface area (Å²) in [7, 11) is 4.33. The maximum Gasteiger partial charge on any atom is 0.407 e. The molecule has 3 aromatic rings. The molecule has 6 N–H and O–H groups in total. The molecule has 15 heteroatoms. The number of aromatic amines is 1. The molecule has 1 aromatic heterocycles. The Hall–Kier alpha value is -7.15. The highest BCUT2D eigenvalue weighted by Crippen LogP contribution is 2.51. The lowest BCUT2D eigenvalue weighted by Gasteiger charge is -2.47. The topological polar surface area (TPSA) is 199 Å². The van der Waals surface area contributed by atoms with Crippen LogP contribution in [0.5, 0.6) is 0 Å². The molecule has 0 aliphatic heterocycles. The van der Waals surface area contributed by atoms with Gasteiger partial charge in [0.15, 0.2) is 0 Å². The first-order valence-corrected chi connectivity index (χ1v) is 28.2. The van der Waals surface area contributed by atoms with E-state index in [-0.39, 0.29) is 41.7 Å². The van der Waals surface area contributed by atoms with Gasteiger partial charge < -0.3 is 50.4 Å². The number of hydrogen-bond acceptors (Lipinski definition) is 9. The van der Waals surface area contributed by atoms with Crippen molar-refractivity contribution in [1.29, 1.82) is 0 Å². The number of carbonyl (C=O) groups is 4. The summed E-state index contributed by atoms with van der Waals surface area (Å²) < 4.78 is 14.3. The van der Waals surface area contributed by atoms with Gasteiger partial charge in [-0.25, -0.2) is 14.6 Å². The summed E-state index contributed by atoms with van der Waals surface area (Å²) in [5, 5.41) is 9.14. The summed E-state index contributed by atoms with van der Waals surface area (Å²) >= 11 is 0. The Kier molecular flexibility index (Phi) is 33.4. The molecule has 0 spiro atoms. The molecule has 1 saturated carbocycles. The predicted molar refractivity (Wildman–Crippen MR) is 328 cm³/mol. The molecule has 1 heterocycles. The Balaban J connectivity index is 0.00000170. The number of amides is 4. The Morgan fingerprint density at radius 2 is 1.48 bits per heavy atom. The average molecular weight is 1100 g/mol. The smallest absolute Gasteiger partial charge is 0.407 e. The number of ether oxygens (including phenoxy) is 3. The van der Waals surface area contributed by atoms with E-state index in [1.807, 2.05) is 38.7 Å². The van der Waals surface area contributed by atoms with Crippen LogP contribution in [0.25, 0.3) is 28.1 Å². The van der Waals surface area contributed by atoms with Crippen molar-refractivity contribution < 1.29 is 38.9 Å². The van der Waals surface area contributed by atoms with E-state index in [0.717, 1.165) is 85.6 Å². The molecule has 0 bridgehead atoms. The maximum absolute atomic E-state index is 14.3. The van der Waals surface area contributed by atoms with Crippen LogP contribution in [-0.2, 0) is 49.6 Å². The first-order valence-electron chi connectivity index (χ1n) is 28.2. The van der Waals surface area contributed by atoms with Crippen molar-refractivity contribution in [2.45, 2.75) is 132 Å². The number of nitrogens with zero attached hydrogens (tertiary/aromatic N) is 3. The maximum atomic E-state index is 14.3. The minimum atomic E-state index is -0.659. The van der Waals surface area contributed by atoms with Crippen LogP contribution in [0.15, 0.2) is 98.7 Å². The molecule has 0 saturated heterocycles. The van der Waals surface area contributed by atoms with Crippen molar-refractivity contribution >= 4 is 29.7 Å². The second-order valence-corrected chi connectivity index (χ2v) is 19.1. The number of alkyl carbamates (subject to hydrolysis) is 2. The van der Waals surface area contributed by atoms with Gasteiger partial charge in [0, 0.05) is 56.3 Å². The van der Waals surface area contributed by atoms with Crippen LogP contribution in [0.1, 0.15) is 128 Å². The molecule has 5 aliphatic rings. The zero-order chi connectivity index (χ0) is 59.2. The first kappa shape index (κ1) is 70.9. The second kappa shape index (κ2) is 37.7. The van der Waals surface area contributed by atoms with Gasteiger partial charge in [0.2, 0.25) is 11.8 Å². The molecule has 5 aliphatic carbocycles. The van der Waals surface area contributed by atoms with Crippen LogP contribution in [0.2, 0.25) is 0 Å². The third kappa shape index (κ3) is 19.0. The average Bonchev–Trinajstić information content (AvgIpc) is 4.14. The molecule has 4 unspecified atom stereocenters. The third-order valence-corrected chi connectivity index (χ3v) is 13.6. The van der Waals surface area contributed by atoms with Crippen molar-refractivity contribution in [3.63, 3.8) is 0 Å². The number of fused-ring (bicyclic) bond motifs is 9. The SMILES string of the molecule is C#C.C/C=C(\NC(C)CN(CCC)C(=O)[C@H](NC(=O)OC)C1CC2C=CC=CC21)c1ccc2c(c1)CC1=C[C]1c1cc3c(cc1-2)CCc1[nH]c(CN(CCC)C(=O)CNC(=O)OC)nc1-3.C=C.C=C.CC.CCC.CCCOC.O. The van der Waals surface area contributed by atoms with E-state index in [0.29, 0.717) is 32.1 Å². The molecule has 4 amide bonds. The van der Waals surface area contributed by atoms with Crippen molar-refractivity contribution in [2.75, 3.05) is 54.1 Å². The Labute approximate surface area is 480 Å². The zero-order valence-electron chi connectivity index (χ0n) is 50.3. The molecule has 439 valence electrons. The Morgan fingerprint density at radius 1 is 0.825 bits per heavy atom. The molecule has 1 radical (unpaired) electrons. The highest BCUT2D eigenvalue weighted by molar-refractivity contribution is 5.89. The van der Waals surface area contributed by atoms with E-state index in [2.05, 4.69) is 160 Å². The van der Waals surface area contributed by atoms with E-state index >= 15 is 0 Å². The molecular formula is C65H96N7O8. The van der Waals surface area contributed by atoms with Crippen LogP contribution < -0.4 is 16.0 Å². The van der Waals surface area contributed by atoms with Gasteiger partial charge in [-0.1, -0.05) is 115 Å². The molecule has 15 nitrogen and oxygen atoms in total. The number of rotatable bonds is 18. The molecule has 8 rings (SSSR count). The fourth-order valence-corrected chi connectivity index (χ4v) is 10.2. The van der Waals surface area contributed by atoms with Crippen molar-refractivity contribution in [2.24, 2.45) is 17.8 Å². The van der Waals surface area contributed by atoms with E-state index in [4.69, 9.17) is 14.5 Å². The number of nitrogens with one attached hydrogen (secondary N) is 4. The van der Waals surface area contributed by atoms with Crippen LogP contribution in [-0.4, -0.2) is 115 Å². The summed E-state index contributed by atoms with van der Waals surface area (Å²) in [4.78, 5) is 63.7. The number of imidazole rings is 1. The van der Waals surface area contributed by atoms with Crippen LogP contribution in [0.4, 0.5) is 9.59 Å². The predicted octanol–water partition coefficient (Wildman–Crippen LogP) is 11.6. The molecule has 1 fully saturated rings. The van der Waals surface area contributed by atoms with E-state index in [1.54, 1.807) is 12.0 Å².